The molecule has 138 valence electrons. The standard InChI is InChI=1S/C20H41O2P/c1-2-3-4-5-6-7-8-9-10-11-12-13-14-15-16-17-18-19-20-22-23-21/h2-20H2,1H3. The van der Waals surface area contributed by atoms with Crippen LogP contribution in [0.2, 0.25) is 0 Å². The minimum atomic E-state index is -0.170. The minimum absolute atomic E-state index is 0.170. The van der Waals surface area contributed by atoms with Gasteiger partial charge in [0.2, 0.25) is 0 Å². The van der Waals surface area contributed by atoms with Crippen LogP contribution in [0.3, 0.4) is 0 Å². The molecule has 0 saturated heterocycles. The van der Waals surface area contributed by atoms with E-state index in [1.54, 1.807) is 0 Å². The molecule has 0 rings (SSSR count). The fourth-order valence-corrected chi connectivity index (χ4v) is 3.31. The number of hydrogen-bond donors (Lipinski definition) is 0. The van der Waals surface area contributed by atoms with Crippen molar-refractivity contribution in [3.8, 4) is 0 Å². The smallest absolute Gasteiger partial charge is 0.294 e. The van der Waals surface area contributed by atoms with Crippen LogP contribution in [0.1, 0.15) is 122 Å². The lowest BCUT2D eigenvalue weighted by atomic mass is 10.0. The molecule has 0 spiro atoms. The summed E-state index contributed by atoms with van der Waals surface area (Å²) in [6.07, 6.45) is 25.0. The Hall–Kier alpha value is 0.0600. The lowest BCUT2D eigenvalue weighted by Gasteiger charge is -2.03. The van der Waals surface area contributed by atoms with Crippen LogP contribution in [0.15, 0.2) is 0 Å². The lowest BCUT2D eigenvalue weighted by molar-refractivity contribution is 0.328. The monoisotopic (exact) mass is 344 g/mol. The summed E-state index contributed by atoms with van der Waals surface area (Å²) in [7, 11) is -0.170. The van der Waals surface area contributed by atoms with Gasteiger partial charge in [-0.3, -0.25) is 4.52 Å². The zero-order valence-corrected chi connectivity index (χ0v) is 16.6. The average molecular weight is 345 g/mol. The van der Waals surface area contributed by atoms with Gasteiger partial charge in [0.25, 0.3) is 0 Å². The molecule has 0 aromatic rings. The van der Waals surface area contributed by atoms with Gasteiger partial charge in [0, 0.05) is 0 Å². The maximum absolute atomic E-state index is 10.1. The highest BCUT2D eigenvalue weighted by Gasteiger charge is 1.95. The van der Waals surface area contributed by atoms with Crippen molar-refractivity contribution >= 4 is 8.69 Å². The third kappa shape index (κ3) is 22.1. The quantitative estimate of drug-likeness (QED) is 0.164. The van der Waals surface area contributed by atoms with Gasteiger partial charge in [-0.2, -0.15) is 0 Å². The summed E-state index contributed by atoms with van der Waals surface area (Å²) in [6, 6.07) is 0. The molecule has 0 bridgehead atoms. The third-order valence-corrected chi connectivity index (χ3v) is 4.93. The summed E-state index contributed by atoms with van der Waals surface area (Å²) < 4.78 is 14.8. The second-order valence-electron chi connectivity index (χ2n) is 6.92. The fourth-order valence-electron chi connectivity index (χ4n) is 3.11. The van der Waals surface area contributed by atoms with E-state index in [2.05, 4.69) is 6.92 Å². The molecule has 2 nitrogen and oxygen atoms in total. The molecule has 0 aliphatic rings. The normalized spacial score (nSPS) is 11.3. The summed E-state index contributed by atoms with van der Waals surface area (Å²) in [4.78, 5) is 0. The molecule has 0 heterocycles. The molecule has 0 radical (unpaired) electrons. The molecule has 0 saturated carbocycles. The van der Waals surface area contributed by atoms with Crippen molar-refractivity contribution in [2.75, 3.05) is 6.61 Å². The van der Waals surface area contributed by atoms with Gasteiger partial charge in [-0.1, -0.05) is 116 Å². The zero-order chi connectivity index (χ0) is 16.8. The van der Waals surface area contributed by atoms with E-state index in [4.69, 9.17) is 4.52 Å². The van der Waals surface area contributed by atoms with Gasteiger partial charge in [0.1, 0.15) is 0 Å². The van der Waals surface area contributed by atoms with Crippen molar-refractivity contribution < 1.29 is 9.09 Å². The predicted molar refractivity (Wildman–Crippen MR) is 102 cm³/mol. The molecule has 0 unspecified atom stereocenters. The summed E-state index contributed by atoms with van der Waals surface area (Å²) in [5.74, 6) is 0. The van der Waals surface area contributed by atoms with Gasteiger partial charge in [0.15, 0.2) is 0 Å². The van der Waals surface area contributed by atoms with Crippen LogP contribution >= 0.6 is 8.69 Å². The van der Waals surface area contributed by atoms with E-state index in [1.165, 1.54) is 109 Å². The SMILES string of the molecule is CCCCCCCCCCCCCCCCCCCCOP=O. The Labute approximate surface area is 147 Å². The second kappa shape index (κ2) is 22.1. The predicted octanol–water partition coefficient (Wildman–Crippen LogP) is 8.25. The largest absolute Gasteiger partial charge is 0.327 e. The van der Waals surface area contributed by atoms with E-state index < -0.39 is 0 Å². The molecular formula is C20H41O2P. The maximum Gasteiger partial charge on any atom is 0.327 e. The van der Waals surface area contributed by atoms with Gasteiger partial charge < -0.3 is 0 Å². The highest BCUT2D eigenvalue weighted by atomic mass is 31.1. The molecular weight excluding hydrogens is 303 g/mol. The first-order valence-corrected chi connectivity index (χ1v) is 11.1. The van der Waals surface area contributed by atoms with Crippen molar-refractivity contribution in [3.63, 3.8) is 0 Å². The van der Waals surface area contributed by atoms with Crippen molar-refractivity contribution in [1.29, 1.82) is 0 Å². The first-order valence-electron chi connectivity index (χ1n) is 10.4. The Morgan fingerprint density at radius 3 is 1.13 bits per heavy atom. The highest BCUT2D eigenvalue weighted by molar-refractivity contribution is 7.17. The lowest BCUT2D eigenvalue weighted by Crippen LogP contribution is -1.86. The first-order chi connectivity index (χ1) is 11.4. The van der Waals surface area contributed by atoms with Gasteiger partial charge in [-0.15, -0.1) is 0 Å². The van der Waals surface area contributed by atoms with Crippen molar-refractivity contribution in [1.82, 2.24) is 0 Å². The van der Waals surface area contributed by atoms with Crippen molar-refractivity contribution in [2.24, 2.45) is 0 Å². The van der Waals surface area contributed by atoms with Gasteiger partial charge in [0.05, 0.1) is 6.61 Å². The van der Waals surface area contributed by atoms with Gasteiger partial charge >= 0.3 is 8.69 Å². The topological polar surface area (TPSA) is 26.3 Å². The molecule has 0 amide bonds. The molecule has 23 heavy (non-hydrogen) atoms. The Morgan fingerprint density at radius 1 is 0.522 bits per heavy atom. The second-order valence-corrected chi connectivity index (χ2v) is 7.33. The Balaban J connectivity index is 2.93. The Bertz CT molecular complexity index is 222. The van der Waals surface area contributed by atoms with Crippen LogP contribution < -0.4 is 0 Å². The van der Waals surface area contributed by atoms with Gasteiger partial charge in [-0.25, -0.2) is 4.57 Å². The van der Waals surface area contributed by atoms with Crippen LogP contribution in [-0.4, -0.2) is 6.61 Å². The first kappa shape index (κ1) is 23.1. The summed E-state index contributed by atoms with van der Waals surface area (Å²) in [6.45, 7) is 2.93. The van der Waals surface area contributed by atoms with E-state index in [9.17, 15) is 4.57 Å². The average Bonchev–Trinajstić information content (AvgIpc) is 2.57. The van der Waals surface area contributed by atoms with Crippen LogP contribution in [0.4, 0.5) is 0 Å². The van der Waals surface area contributed by atoms with E-state index in [0.717, 1.165) is 6.42 Å². The molecule has 0 atom stereocenters. The Morgan fingerprint density at radius 2 is 0.826 bits per heavy atom. The minimum Gasteiger partial charge on any atom is -0.294 e. The Kier molecular flexibility index (Phi) is 22.1. The molecule has 0 aliphatic heterocycles. The molecule has 0 N–H and O–H groups in total. The molecule has 0 aromatic carbocycles. The number of hydrogen-bond acceptors (Lipinski definition) is 2. The van der Waals surface area contributed by atoms with E-state index in [-0.39, 0.29) is 8.69 Å². The van der Waals surface area contributed by atoms with Crippen LogP contribution in [0.25, 0.3) is 0 Å². The van der Waals surface area contributed by atoms with Crippen molar-refractivity contribution in [2.45, 2.75) is 122 Å². The maximum atomic E-state index is 10.1. The van der Waals surface area contributed by atoms with Crippen LogP contribution in [-0.2, 0) is 9.09 Å². The van der Waals surface area contributed by atoms with Crippen molar-refractivity contribution in [3.05, 3.63) is 0 Å². The van der Waals surface area contributed by atoms with E-state index in [1.807, 2.05) is 0 Å². The molecule has 0 aliphatic carbocycles. The van der Waals surface area contributed by atoms with E-state index >= 15 is 0 Å². The zero-order valence-electron chi connectivity index (χ0n) is 15.7. The molecule has 3 heteroatoms. The van der Waals surface area contributed by atoms with E-state index in [0.29, 0.717) is 6.61 Å². The molecule has 0 fully saturated rings. The third-order valence-electron chi connectivity index (χ3n) is 4.64. The highest BCUT2D eigenvalue weighted by Crippen LogP contribution is 2.14. The van der Waals surface area contributed by atoms with Gasteiger partial charge in [-0.05, 0) is 6.42 Å². The summed E-state index contributed by atoms with van der Waals surface area (Å²) >= 11 is 0. The summed E-state index contributed by atoms with van der Waals surface area (Å²) in [5.41, 5.74) is 0. The molecule has 0 aromatic heterocycles. The number of rotatable bonds is 20. The summed E-state index contributed by atoms with van der Waals surface area (Å²) in [5, 5.41) is 0. The number of unbranched alkanes of at least 4 members (excludes halogenated alkanes) is 17. The van der Waals surface area contributed by atoms with Crippen LogP contribution in [0.5, 0.6) is 0 Å². The fraction of sp³-hybridized carbons (Fsp3) is 1.00. The van der Waals surface area contributed by atoms with Crippen LogP contribution in [0, 0.1) is 0 Å².